The Morgan fingerprint density at radius 2 is 1.79 bits per heavy atom. The van der Waals surface area contributed by atoms with E-state index in [0.29, 0.717) is 23.9 Å². The van der Waals surface area contributed by atoms with Crippen molar-refractivity contribution in [2.45, 2.75) is 31.5 Å². The van der Waals surface area contributed by atoms with Crippen molar-refractivity contribution in [2.24, 2.45) is 0 Å². The normalized spacial score (nSPS) is 16.9. The SMILES string of the molecule is O=C1Cc2cnc(NCC(c3ccc(C(F)(F)F)cc3)N3CCCC3)nc2-c2ccccc2N1. The van der Waals surface area contributed by atoms with Gasteiger partial charge in [-0.25, -0.2) is 9.97 Å². The Labute approximate surface area is 195 Å². The number of hydrogen-bond acceptors (Lipinski definition) is 5. The largest absolute Gasteiger partial charge is 0.416 e. The topological polar surface area (TPSA) is 70.2 Å². The molecule has 9 heteroatoms. The number of hydrogen-bond donors (Lipinski definition) is 2. The fourth-order valence-corrected chi connectivity index (χ4v) is 4.61. The van der Waals surface area contributed by atoms with Crippen molar-refractivity contribution < 1.29 is 18.0 Å². The highest BCUT2D eigenvalue weighted by Gasteiger charge is 2.31. The van der Waals surface area contributed by atoms with E-state index in [1.165, 1.54) is 0 Å². The molecule has 1 amide bonds. The van der Waals surface area contributed by atoms with Crippen molar-refractivity contribution in [3.8, 4) is 11.3 Å². The quantitative estimate of drug-likeness (QED) is 0.558. The fourth-order valence-electron chi connectivity index (χ4n) is 4.61. The summed E-state index contributed by atoms with van der Waals surface area (Å²) in [4.78, 5) is 23.6. The Bertz CT molecular complexity index is 1190. The van der Waals surface area contributed by atoms with Gasteiger partial charge in [-0.1, -0.05) is 30.3 Å². The third-order valence-electron chi connectivity index (χ3n) is 6.33. The molecule has 0 bridgehead atoms. The van der Waals surface area contributed by atoms with Crippen LogP contribution in [-0.4, -0.2) is 40.4 Å². The molecule has 2 aromatic carbocycles. The van der Waals surface area contributed by atoms with Crippen molar-refractivity contribution in [1.82, 2.24) is 14.9 Å². The molecule has 34 heavy (non-hydrogen) atoms. The number of carbonyl (C=O) groups excluding carboxylic acids is 1. The lowest BCUT2D eigenvalue weighted by molar-refractivity contribution is -0.137. The second-order valence-electron chi connectivity index (χ2n) is 8.60. The van der Waals surface area contributed by atoms with Gasteiger partial charge in [0, 0.05) is 23.9 Å². The molecule has 1 aromatic heterocycles. The minimum Gasteiger partial charge on any atom is -0.352 e. The molecule has 2 aliphatic heterocycles. The Morgan fingerprint density at radius 3 is 2.53 bits per heavy atom. The fraction of sp³-hybridized carbons (Fsp3) is 0.320. The van der Waals surface area contributed by atoms with Gasteiger partial charge in [0.1, 0.15) is 0 Å². The Hall–Kier alpha value is -3.46. The van der Waals surface area contributed by atoms with Gasteiger partial charge < -0.3 is 10.6 Å². The molecule has 3 aromatic rings. The van der Waals surface area contributed by atoms with E-state index in [4.69, 9.17) is 4.98 Å². The van der Waals surface area contributed by atoms with Crippen LogP contribution in [0.4, 0.5) is 24.8 Å². The van der Waals surface area contributed by atoms with Crippen LogP contribution in [0.25, 0.3) is 11.3 Å². The predicted octanol–water partition coefficient (Wildman–Crippen LogP) is 4.91. The number of benzene rings is 2. The molecular weight excluding hydrogens is 443 g/mol. The van der Waals surface area contributed by atoms with Crippen LogP contribution in [-0.2, 0) is 17.4 Å². The highest BCUT2D eigenvalue weighted by Crippen LogP contribution is 2.34. The van der Waals surface area contributed by atoms with Gasteiger partial charge in [-0.3, -0.25) is 9.69 Å². The molecule has 2 N–H and O–H groups in total. The van der Waals surface area contributed by atoms with E-state index < -0.39 is 11.7 Å². The van der Waals surface area contributed by atoms with Crippen LogP contribution in [0.5, 0.6) is 0 Å². The lowest BCUT2D eigenvalue weighted by Gasteiger charge is -2.28. The number of anilines is 2. The van der Waals surface area contributed by atoms with Crippen molar-refractivity contribution in [2.75, 3.05) is 30.3 Å². The minimum atomic E-state index is -4.36. The lowest BCUT2D eigenvalue weighted by atomic mass is 10.0. The summed E-state index contributed by atoms with van der Waals surface area (Å²) < 4.78 is 39.1. The van der Waals surface area contributed by atoms with Gasteiger partial charge >= 0.3 is 6.18 Å². The van der Waals surface area contributed by atoms with E-state index >= 15 is 0 Å². The summed E-state index contributed by atoms with van der Waals surface area (Å²) in [5.41, 5.74) is 3.13. The summed E-state index contributed by atoms with van der Waals surface area (Å²) in [6, 6.07) is 12.8. The van der Waals surface area contributed by atoms with Crippen LogP contribution in [0.3, 0.4) is 0 Å². The average molecular weight is 467 g/mol. The Morgan fingerprint density at radius 1 is 1.06 bits per heavy atom. The molecule has 176 valence electrons. The van der Waals surface area contributed by atoms with E-state index in [0.717, 1.165) is 54.8 Å². The molecule has 3 heterocycles. The molecule has 0 saturated carbocycles. The first-order valence-corrected chi connectivity index (χ1v) is 11.3. The van der Waals surface area contributed by atoms with Gasteiger partial charge in [0.25, 0.3) is 0 Å². The van der Waals surface area contributed by atoms with E-state index in [1.807, 2.05) is 24.3 Å². The average Bonchev–Trinajstić information content (AvgIpc) is 3.30. The van der Waals surface area contributed by atoms with Crippen LogP contribution >= 0.6 is 0 Å². The summed E-state index contributed by atoms with van der Waals surface area (Å²) in [6.07, 6.45) is -0.391. The van der Waals surface area contributed by atoms with Crippen LogP contribution in [0.1, 0.15) is 35.6 Å². The van der Waals surface area contributed by atoms with Gasteiger partial charge in [0.05, 0.1) is 29.4 Å². The van der Waals surface area contributed by atoms with Gasteiger partial charge in [-0.2, -0.15) is 13.2 Å². The maximum absolute atomic E-state index is 13.0. The zero-order chi connectivity index (χ0) is 23.7. The highest BCUT2D eigenvalue weighted by atomic mass is 19.4. The number of alkyl halides is 3. The summed E-state index contributed by atoms with van der Waals surface area (Å²) in [7, 11) is 0. The maximum Gasteiger partial charge on any atom is 0.416 e. The van der Waals surface area contributed by atoms with Crippen molar-refractivity contribution >= 4 is 17.5 Å². The number of halogens is 3. The number of para-hydroxylation sites is 1. The third kappa shape index (κ3) is 4.61. The molecule has 1 fully saturated rings. The van der Waals surface area contributed by atoms with Gasteiger partial charge in [0.2, 0.25) is 11.9 Å². The van der Waals surface area contributed by atoms with Crippen LogP contribution < -0.4 is 10.6 Å². The van der Waals surface area contributed by atoms with Gasteiger partial charge in [-0.05, 0) is 49.7 Å². The molecule has 6 nitrogen and oxygen atoms in total. The summed E-state index contributed by atoms with van der Waals surface area (Å²) in [5, 5.41) is 6.18. The summed E-state index contributed by atoms with van der Waals surface area (Å²) in [6.45, 7) is 2.22. The number of amides is 1. The second kappa shape index (κ2) is 9.06. The zero-order valence-corrected chi connectivity index (χ0v) is 18.4. The Kier molecular flexibility index (Phi) is 5.95. The number of carbonyl (C=O) groups is 1. The molecule has 0 aliphatic carbocycles. The number of nitrogens with one attached hydrogen (secondary N) is 2. The van der Waals surface area contributed by atoms with Gasteiger partial charge in [-0.15, -0.1) is 0 Å². The Balaban J connectivity index is 1.40. The minimum absolute atomic E-state index is 0.109. The van der Waals surface area contributed by atoms with E-state index in [1.54, 1.807) is 18.3 Å². The molecule has 0 radical (unpaired) electrons. The zero-order valence-electron chi connectivity index (χ0n) is 18.4. The number of nitrogens with zero attached hydrogens (tertiary/aromatic N) is 3. The van der Waals surface area contributed by atoms with Crippen molar-refractivity contribution in [1.29, 1.82) is 0 Å². The van der Waals surface area contributed by atoms with Crippen LogP contribution in [0.15, 0.2) is 54.7 Å². The number of fused-ring (bicyclic) bond motifs is 3. The molecular formula is C25H24F3N5O. The van der Waals surface area contributed by atoms with E-state index in [2.05, 4.69) is 20.5 Å². The van der Waals surface area contributed by atoms with Crippen molar-refractivity contribution in [3.05, 3.63) is 71.4 Å². The highest BCUT2D eigenvalue weighted by molar-refractivity contribution is 5.99. The molecule has 1 unspecified atom stereocenters. The summed E-state index contributed by atoms with van der Waals surface area (Å²) >= 11 is 0. The van der Waals surface area contributed by atoms with Crippen LogP contribution in [0.2, 0.25) is 0 Å². The van der Waals surface area contributed by atoms with E-state index in [-0.39, 0.29) is 18.4 Å². The van der Waals surface area contributed by atoms with Gasteiger partial charge in [0.15, 0.2) is 0 Å². The predicted molar refractivity (Wildman–Crippen MR) is 123 cm³/mol. The molecule has 1 atom stereocenters. The number of likely N-dealkylation sites (tertiary alicyclic amines) is 1. The first-order valence-electron chi connectivity index (χ1n) is 11.3. The number of rotatable bonds is 5. The second-order valence-corrected chi connectivity index (χ2v) is 8.60. The summed E-state index contributed by atoms with van der Waals surface area (Å²) in [5.74, 6) is 0.297. The lowest BCUT2D eigenvalue weighted by Crippen LogP contribution is -2.31. The monoisotopic (exact) mass is 467 g/mol. The standard InChI is InChI=1S/C25H24F3N5O/c26-25(27,28)18-9-7-16(8-10-18)21(33-11-3-4-12-33)15-30-24-29-14-17-13-22(34)31-20-6-2-1-5-19(20)23(17)32-24/h1-2,5-10,14,21H,3-4,11-13,15H2,(H,31,34)(H,29,30,32). The first kappa shape index (κ1) is 22.3. The molecule has 5 rings (SSSR count). The maximum atomic E-state index is 13.0. The van der Waals surface area contributed by atoms with Crippen molar-refractivity contribution in [3.63, 3.8) is 0 Å². The van der Waals surface area contributed by atoms with E-state index in [9.17, 15) is 18.0 Å². The molecule has 2 aliphatic rings. The smallest absolute Gasteiger partial charge is 0.352 e. The first-order chi connectivity index (χ1) is 16.4. The number of aromatic nitrogens is 2. The molecule has 1 saturated heterocycles. The van der Waals surface area contributed by atoms with Crippen LogP contribution in [0, 0.1) is 0 Å². The third-order valence-corrected chi connectivity index (χ3v) is 6.33. The molecule has 0 spiro atoms.